The lowest BCUT2D eigenvalue weighted by molar-refractivity contribution is -0.115. The van der Waals surface area contributed by atoms with Gasteiger partial charge >= 0.3 is 0 Å². The summed E-state index contributed by atoms with van der Waals surface area (Å²) in [5.41, 5.74) is 2.76. The van der Waals surface area contributed by atoms with Crippen LogP contribution < -0.4 is 10.1 Å². The van der Waals surface area contributed by atoms with E-state index < -0.39 is 0 Å². The van der Waals surface area contributed by atoms with Gasteiger partial charge in [-0.25, -0.2) is 0 Å². The maximum absolute atomic E-state index is 12.9. The minimum absolute atomic E-state index is 0.0868. The molecule has 1 aliphatic rings. The van der Waals surface area contributed by atoms with Gasteiger partial charge in [-0.15, -0.1) is 10.2 Å². The van der Waals surface area contributed by atoms with Crippen molar-refractivity contribution in [2.75, 3.05) is 5.32 Å². The maximum atomic E-state index is 12.9. The third kappa shape index (κ3) is 5.28. The number of ether oxygens (including phenoxy) is 1. The van der Waals surface area contributed by atoms with Crippen molar-refractivity contribution in [2.45, 2.75) is 42.8 Å². The monoisotopic (exact) mass is 471 g/mol. The lowest BCUT2D eigenvalue weighted by Crippen LogP contribution is -2.22. The van der Waals surface area contributed by atoms with Gasteiger partial charge in [0.05, 0.1) is 5.25 Å². The normalized spacial score (nSPS) is 13.9. The number of amides is 1. The molecule has 5 rings (SSSR count). The molecule has 8 heteroatoms. The zero-order chi connectivity index (χ0) is 23.3. The van der Waals surface area contributed by atoms with Gasteiger partial charge < -0.3 is 10.1 Å². The molecule has 0 unspecified atom stereocenters. The fourth-order valence-electron chi connectivity index (χ4n) is 3.54. The van der Waals surface area contributed by atoms with Crippen LogP contribution in [-0.4, -0.2) is 30.9 Å². The molecule has 0 bridgehead atoms. The third-order valence-electron chi connectivity index (χ3n) is 5.52. The lowest BCUT2D eigenvalue weighted by Gasteiger charge is -2.14. The number of carbonyl (C=O) groups excluding carboxylic acids is 1. The molecule has 1 fully saturated rings. The Morgan fingerprint density at radius 2 is 1.88 bits per heavy atom. The minimum Gasteiger partial charge on any atom is -0.489 e. The Balaban J connectivity index is 1.20. The van der Waals surface area contributed by atoms with Crippen molar-refractivity contribution >= 4 is 23.4 Å². The van der Waals surface area contributed by atoms with E-state index in [9.17, 15) is 4.79 Å². The van der Waals surface area contributed by atoms with Gasteiger partial charge in [-0.2, -0.15) is 0 Å². The van der Waals surface area contributed by atoms with E-state index in [0.717, 1.165) is 46.4 Å². The van der Waals surface area contributed by atoms with Crippen molar-refractivity contribution in [3.8, 4) is 17.1 Å². The summed E-state index contributed by atoms with van der Waals surface area (Å²) in [6.07, 6.45) is 5.72. The molecule has 34 heavy (non-hydrogen) atoms. The summed E-state index contributed by atoms with van der Waals surface area (Å²) in [4.78, 5) is 17.1. The Labute approximate surface area is 202 Å². The van der Waals surface area contributed by atoms with Gasteiger partial charge in [0.25, 0.3) is 0 Å². The van der Waals surface area contributed by atoms with Gasteiger partial charge in [0.2, 0.25) is 5.91 Å². The zero-order valence-corrected chi connectivity index (χ0v) is 19.6. The number of aromatic nitrogens is 4. The SMILES string of the molecule is C[C@H](Sc1nnc(-c2cccnc2)n1C1CC1)C(=O)Nc1ccc(OCc2ccccc2)cc1. The predicted molar refractivity (Wildman–Crippen MR) is 133 cm³/mol. The molecule has 0 radical (unpaired) electrons. The van der Waals surface area contributed by atoms with Crippen LogP contribution in [0, 0.1) is 0 Å². The summed E-state index contributed by atoms with van der Waals surface area (Å²) in [6.45, 7) is 2.38. The van der Waals surface area contributed by atoms with Crippen molar-refractivity contribution in [1.29, 1.82) is 0 Å². The van der Waals surface area contributed by atoms with Crippen LogP contribution in [0.2, 0.25) is 0 Å². The Hall–Kier alpha value is -3.65. The number of pyridine rings is 1. The van der Waals surface area contributed by atoms with Gasteiger partial charge in [-0.1, -0.05) is 42.1 Å². The quantitative estimate of drug-likeness (QED) is 0.330. The molecule has 2 aromatic heterocycles. The molecule has 7 nitrogen and oxygen atoms in total. The molecule has 0 aliphatic heterocycles. The van der Waals surface area contributed by atoms with Crippen LogP contribution in [0.5, 0.6) is 5.75 Å². The highest BCUT2D eigenvalue weighted by Crippen LogP contribution is 2.41. The van der Waals surface area contributed by atoms with Crippen LogP contribution in [0.3, 0.4) is 0 Å². The van der Waals surface area contributed by atoms with Crippen LogP contribution in [0.25, 0.3) is 11.4 Å². The van der Waals surface area contributed by atoms with Crippen molar-refractivity contribution < 1.29 is 9.53 Å². The fourth-order valence-corrected chi connectivity index (χ4v) is 4.46. The summed E-state index contributed by atoms with van der Waals surface area (Å²) in [6, 6.07) is 21.7. The van der Waals surface area contributed by atoms with E-state index >= 15 is 0 Å². The second kappa shape index (κ2) is 10.1. The molecule has 1 amide bonds. The number of rotatable bonds is 9. The van der Waals surface area contributed by atoms with Crippen molar-refractivity contribution in [3.05, 3.63) is 84.7 Å². The molecule has 4 aromatic rings. The average Bonchev–Trinajstić information content (AvgIpc) is 3.64. The predicted octanol–water partition coefficient (Wildman–Crippen LogP) is 5.37. The molecule has 1 N–H and O–H groups in total. The number of nitrogens with one attached hydrogen (secondary N) is 1. The standard InChI is InChI=1S/C26H25N5O2S/c1-18(34-26-30-29-24(31(26)22-11-12-22)20-8-5-15-27-16-20)25(32)28-21-9-13-23(14-10-21)33-17-19-6-3-2-4-7-19/h2-10,13-16,18,22H,11-12,17H2,1H3,(H,28,32)/t18-/m0/s1. The Morgan fingerprint density at radius 3 is 2.59 bits per heavy atom. The number of benzene rings is 2. The van der Waals surface area contributed by atoms with Crippen LogP contribution >= 0.6 is 11.8 Å². The summed E-state index contributed by atoms with van der Waals surface area (Å²) < 4.78 is 7.96. The maximum Gasteiger partial charge on any atom is 0.237 e. The third-order valence-corrected chi connectivity index (χ3v) is 6.57. The van der Waals surface area contributed by atoms with E-state index in [4.69, 9.17) is 4.74 Å². The van der Waals surface area contributed by atoms with E-state index in [2.05, 4.69) is 25.1 Å². The molecular weight excluding hydrogens is 446 g/mol. The summed E-state index contributed by atoms with van der Waals surface area (Å²) >= 11 is 1.42. The Kier molecular flexibility index (Phi) is 6.58. The van der Waals surface area contributed by atoms with E-state index in [0.29, 0.717) is 12.6 Å². The van der Waals surface area contributed by atoms with Crippen molar-refractivity contribution in [2.24, 2.45) is 0 Å². The van der Waals surface area contributed by atoms with Crippen LogP contribution in [0.1, 0.15) is 31.4 Å². The fraction of sp³-hybridized carbons (Fsp3) is 0.231. The molecule has 2 heterocycles. The average molecular weight is 472 g/mol. The number of anilines is 1. The van der Waals surface area contributed by atoms with Gasteiger partial charge in [0, 0.05) is 29.7 Å². The van der Waals surface area contributed by atoms with Crippen LogP contribution in [0.4, 0.5) is 5.69 Å². The summed E-state index contributed by atoms with van der Waals surface area (Å²) in [5, 5.41) is 12.2. The second-order valence-corrected chi connectivity index (χ2v) is 9.50. The highest BCUT2D eigenvalue weighted by Gasteiger charge is 2.31. The molecule has 2 aromatic carbocycles. The summed E-state index contributed by atoms with van der Waals surface area (Å²) in [5.74, 6) is 1.47. The van der Waals surface area contributed by atoms with E-state index in [1.54, 1.807) is 12.4 Å². The number of hydrogen-bond donors (Lipinski definition) is 1. The smallest absolute Gasteiger partial charge is 0.237 e. The van der Waals surface area contributed by atoms with Crippen molar-refractivity contribution in [3.63, 3.8) is 0 Å². The highest BCUT2D eigenvalue weighted by molar-refractivity contribution is 8.00. The number of nitrogens with zero attached hydrogens (tertiary/aromatic N) is 4. The van der Waals surface area contributed by atoms with Gasteiger partial charge in [0.1, 0.15) is 12.4 Å². The van der Waals surface area contributed by atoms with E-state index in [1.165, 1.54) is 11.8 Å². The highest BCUT2D eigenvalue weighted by atomic mass is 32.2. The molecule has 1 aliphatic carbocycles. The number of thioether (sulfide) groups is 1. The first-order valence-corrected chi connectivity index (χ1v) is 12.1. The van der Waals surface area contributed by atoms with E-state index in [-0.39, 0.29) is 11.2 Å². The lowest BCUT2D eigenvalue weighted by atomic mass is 10.2. The van der Waals surface area contributed by atoms with Gasteiger partial charge in [-0.3, -0.25) is 14.3 Å². The Morgan fingerprint density at radius 1 is 1.09 bits per heavy atom. The molecule has 1 saturated carbocycles. The first kappa shape index (κ1) is 22.2. The first-order valence-electron chi connectivity index (χ1n) is 11.3. The molecule has 1 atom stereocenters. The molecule has 0 spiro atoms. The largest absolute Gasteiger partial charge is 0.489 e. The van der Waals surface area contributed by atoms with Gasteiger partial charge in [0.15, 0.2) is 11.0 Å². The topological polar surface area (TPSA) is 81.9 Å². The Bertz CT molecular complexity index is 1240. The summed E-state index contributed by atoms with van der Waals surface area (Å²) in [7, 11) is 0. The second-order valence-electron chi connectivity index (χ2n) is 8.20. The van der Waals surface area contributed by atoms with Gasteiger partial charge in [-0.05, 0) is 61.7 Å². The number of carbonyl (C=O) groups is 1. The van der Waals surface area contributed by atoms with Crippen LogP contribution in [-0.2, 0) is 11.4 Å². The number of hydrogen-bond acceptors (Lipinski definition) is 6. The minimum atomic E-state index is -0.336. The zero-order valence-electron chi connectivity index (χ0n) is 18.8. The molecule has 172 valence electrons. The first-order chi connectivity index (χ1) is 16.7. The van der Waals surface area contributed by atoms with Crippen molar-refractivity contribution in [1.82, 2.24) is 19.7 Å². The van der Waals surface area contributed by atoms with Crippen LogP contribution in [0.15, 0.2) is 84.3 Å². The molecule has 0 saturated heterocycles. The molecular formula is C26H25N5O2S. The van der Waals surface area contributed by atoms with E-state index in [1.807, 2.05) is 73.7 Å².